The lowest BCUT2D eigenvalue weighted by atomic mass is 10.1. The van der Waals surface area contributed by atoms with Crippen LogP contribution in [0.1, 0.15) is 45.1 Å². The van der Waals surface area contributed by atoms with Crippen LogP contribution in [0.2, 0.25) is 5.02 Å². The molecule has 0 amide bonds. The fourth-order valence-electron chi connectivity index (χ4n) is 2.00. The van der Waals surface area contributed by atoms with E-state index in [9.17, 15) is 19.4 Å². The Morgan fingerprint density at radius 1 is 1.19 bits per heavy atom. The number of unbranched alkanes of at least 4 members (excludes halogenated alkanes) is 2. The number of hydrogen-bond acceptors (Lipinski definition) is 7. The van der Waals surface area contributed by atoms with Crippen LogP contribution in [-0.2, 0) is 13.6 Å². The Bertz CT molecular complexity index is 820. The van der Waals surface area contributed by atoms with Crippen LogP contribution >= 0.6 is 19.4 Å². The summed E-state index contributed by atoms with van der Waals surface area (Å²) >= 11 is 5.73. The van der Waals surface area contributed by atoms with Gasteiger partial charge in [-0.15, -0.1) is 0 Å². The molecule has 0 aliphatic rings. The molecule has 1 aromatic carbocycles. The van der Waals surface area contributed by atoms with Crippen LogP contribution in [0, 0.1) is 6.92 Å². The molecule has 0 spiro atoms. The van der Waals surface area contributed by atoms with Crippen LogP contribution in [0.4, 0.5) is 0 Å². The Morgan fingerprint density at radius 3 is 2.26 bits per heavy atom. The van der Waals surface area contributed by atoms with Gasteiger partial charge >= 0.3 is 5.63 Å². The number of rotatable bonds is 8. The van der Waals surface area contributed by atoms with Gasteiger partial charge < -0.3 is 23.5 Å². The van der Waals surface area contributed by atoms with E-state index in [1.807, 2.05) is 13.8 Å². The first-order valence-electron chi connectivity index (χ1n) is 8.73. The molecule has 7 nitrogen and oxygen atoms in total. The lowest BCUT2D eigenvalue weighted by Crippen LogP contribution is -2.09. The standard InChI is InChI=1S/C10H7ClO3.C8H19O4P/c1-5-7-3-2-6(12)4-8(7)14-10(13)9(5)11;1-3-5-7-11-13(9,10)12-8-6-4-2/h2-4,12H,1H3;3-8H2,1-2H3,(H,9,10)/p-1. The zero-order chi connectivity index (χ0) is 20.4. The second kappa shape index (κ2) is 11.5. The van der Waals surface area contributed by atoms with Gasteiger partial charge in [-0.3, -0.25) is 4.57 Å². The summed E-state index contributed by atoms with van der Waals surface area (Å²) in [6.07, 6.45) is 3.30. The summed E-state index contributed by atoms with van der Waals surface area (Å²) < 4.78 is 25.1. The lowest BCUT2D eigenvalue weighted by molar-refractivity contribution is -0.225. The van der Waals surface area contributed by atoms with E-state index in [2.05, 4.69) is 9.05 Å². The molecule has 152 valence electrons. The monoisotopic (exact) mass is 419 g/mol. The summed E-state index contributed by atoms with van der Waals surface area (Å²) in [6.45, 7) is 6.12. The average molecular weight is 420 g/mol. The first-order valence-corrected chi connectivity index (χ1v) is 10.6. The van der Waals surface area contributed by atoms with Gasteiger partial charge in [0.1, 0.15) is 16.4 Å². The SMILES string of the molecule is CCCCOP(=O)([O-])OCCCC.Cc1c(Cl)c(=O)oc2cc(O)ccc12. The fourth-order valence-corrected chi connectivity index (χ4v) is 2.92. The Labute approximate surface area is 163 Å². The predicted octanol–water partition coefficient (Wildman–Crippen LogP) is 4.55. The number of phenols is 1. The van der Waals surface area contributed by atoms with Crippen LogP contribution in [0.5, 0.6) is 5.75 Å². The molecule has 2 aromatic rings. The molecule has 0 saturated carbocycles. The highest BCUT2D eigenvalue weighted by molar-refractivity contribution is 7.45. The molecule has 0 aliphatic heterocycles. The Hall–Kier alpha value is -1.37. The third kappa shape index (κ3) is 8.03. The van der Waals surface area contributed by atoms with Gasteiger partial charge in [0.15, 0.2) is 0 Å². The Kier molecular flexibility index (Phi) is 10.1. The molecule has 0 fully saturated rings. The molecule has 27 heavy (non-hydrogen) atoms. The number of phosphoric ester groups is 1. The van der Waals surface area contributed by atoms with Gasteiger partial charge in [0.25, 0.3) is 7.82 Å². The molecule has 1 N–H and O–H groups in total. The van der Waals surface area contributed by atoms with Gasteiger partial charge in [0.2, 0.25) is 0 Å². The van der Waals surface area contributed by atoms with E-state index < -0.39 is 13.4 Å². The molecule has 2 rings (SSSR count). The Balaban J connectivity index is 0.000000271. The van der Waals surface area contributed by atoms with Crippen molar-refractivity contribution in [2.45, 2.75) is 46.5 Å². The van der Waals surface area contributed by atoms with Gasteiger partial charge in [-0.05, 0) is 37.5 Å². The topological polar surface area (TPSA) is 109 Å². The second-order valence-electron chi connectivity index (χ2n) is 5.83. The summed E-state index contributed by atoms with van der Waals surface area (Å²) in [5.41, 5.74) is 0.428. The van der Waals surface area contributed by atoms with Gasteiger partial charge in [-0.2, -0.15) is 0 Å². The maximum atomic E-state index is 11.2. The summed E-state index contributed by atoms with van der Waals surface area (Å²) in [5.74, 6) is 0.0578. The third-order valence-electron chi connectivity index (χ3n) is 3.57. The van der Waals surface area contributed by atoms with Crippen molar-refractivity contribution in [2.75, 3.05) is 13.2 Å². The number of phosphoric acid groups is 1. The van der Waals surface area contributed by atoms with Crippen LogP contribution in [0.3, 0.4) is 0 Å². The second-order valence-corrected chi connectivity index (χ2v) is 7.62. The van der Waals surface area contributed by atoms with Crippen molar-refractivity contribution in [1.82, 2.24) is 0 Å². The van der Waals surface area contributed by atoms with Gasteiger partial charge in [0.05, 0.1) is 13.2 Å². The predicted molar refractivity (Wildman–Crippen MR) is 103 cm³/mol. The Morgan fingerprint density at radius 2 is 1.74 bits per heavy atom. The summed E-state index contributed by atoms with van der Waals surface area (Å²) in [4.78, 5) is 22.1. The van der Waals surface area contributed by atoms with Crippen molar-refractivity contribution in [3.63, 3.8) is 0 Å². The van der Waals surface area contributed by atoms with E-state index >= 15 is 0 Å². The molecule has 1 aromatic heterocycles. The average Bonchev–Trinajstić information content (AvgIpc) is 2.60. The van der Waals surface area contributed by atoms with E-state index in [-0.39, 0.29) is 24.0 Å². The van der Waals surface area contributed by atoms with E-state index in [0.717, 1.165) is 31.1 Å². The minimum atomic E-state index is -4.00. The minimum Gasteiger partial charge on any atom is -0.756 e. The van der Waals surface area contributed by atoms with Crippen LogP contribution in [0.25, 0.3) is 11.0 Å². The van der Waals surface area contributed by atoms with Gasteiger partial charge in [0, 0.05) is 11.5 Å². The number of benzene rings is 1. The number of aromatic hydroxyl groups is 1. The summed E-state index contributed by atoms with van der Waals surface area (Å²) in [6, 6.07) is 4.57. The van der Waals surface area contributed by atoms with E-state index in [1.54, 1.807) is 13.0 Å². The van der Waals surface area contributed by atoms with Gasteiger partial charge in [-0.25, -0.2) is 4.79 Å². The third-order valence-corrected chi connectivity index (χ3v) is 5.01. The van der Waals surface area contributed by atoms with Crippen molar-refractivity contribution in [3.05, 3.63) is 39.2 Å². The number of phenolic OH excluding ortho intramolecular Hbond substituents is 1. The first kappa shape index (κ1) is 23.7. The maximum Gasteiger partial charge on any atom is 0.355 e. The summed E-state index contributed by atoms with van der Waals surface area (Å²) in [7, 11) is -4.00. The molecule has 0 radical (unpaired) electrons. The largest absolute Gasteiger partial charge is 0.756 e. The number of hydrogen-bond donors (Lipinski definition) is 1. The highest BCUT2D eigenvalue weighted by atomic mass is 35.5. The number of halogens is 1. The van der Waals surface area contributed by atoms with Gasteiger partial charge in [-0.1, -0.05) is 38.3 Å². The molecule has 1 heterocycles. The zero-order valence-corrected chi connectivity index (χ0v) is 17.3. The van der Waals surface area contributed by atoms with E-state index in [0.29, 0.717) is 11.1 Å². The minimum absolute atomic E-state index is 0.0578. The van der Waals surface area contributed by atoms with Crippen LogP contribution in [-0.4, -0.2) is 18.3 Å². The number of fused-ring (bicyclic) bond motifs is 1. The molecular weight excluding hydrogens is 395 g/mol. The van der Waals surface area contributed by atoms with E-state index in [4.69, 9.17) is 16.0 Å². The first-order chi connectivity index (χ1) is 12.7. The van der Waals surface area contributed by atoms with Crippen molar-refractivity contribution in [1.29, 1.82) is 0 Å². The smallest absolute Gasteiger partial charge is 0.355 e. The van der Waals surface area contributed by atoms with Crippen LogP contribution in [0.15, 0.2) is 27.4 Å². The normalized spacial score (nSPS) is 11.3. The molecule has 0 atom stereocenters. The highest BCUT2D eigenvalue weighted by Gasteiger charge is 2.09. The highest BCUT2D eigenvalue weighted by Crippen LogP contribution is 2.38. The molecule has 0 unspecified atom stereocenters. The van der Waals surface area contributed by atoms with Crippen molar-refractivity contribution in [2.24, 2.45) is 0 Å². The molecule has 0 saturated heterocycles. The van der Waals surface area contributed by atoms with Crippen molar-refractivity contribution in [3.8, 4) is 5.75 Å². The zero-order valence-electron chi connectivity index (χ0n) is 15.7. The van der Waals surface area contributed by atoms with Crippen molar-refractivity contribution >= 4 is 30.4 Å². The fraction of sp³-hybridized carbons (Fsp3) is 0.500. The molecule has 0 aliphatic carbocycles. The van der Waals surface area contributed by atoms with Crippen molar-refractivity contribution < 1.29 is 28.0 Å². The molecule has 9 heteroatoms. The van der Waals surface area contributed by atoms with Crippen LogP contribution < -0.4 is 10.5 Å². The lowest BCUT2D eigenvalue weighted by Gasteiger charge is -2.22. The maximum absolute atomic E-state index is 11.2. The molecular formula is C18H25ClO7P-. The summed E-state index contributed by atoms with van der Waals surface area (Å²) in [5, 5.41) is 10.0. The van der Waals surface area contributed by atoms with E-state index in [1.165, 1.54) is 12.1 Å². The number of aryl methyl sites for hydroxylation is 1. The quantitative estimate of drug-likeness (QED) is 0.379. The molecule has 0 bridgehead atoms.